The highest BCUT2D eigenvalue weighted by molar-refractivity contribution is 6.02. The zero-order valence-corrected chi connectivity index (χ0v) is 8.68. The fraction of sp³-hybridized carbons (Fsp3) is 0.250. The number of nitrogens with one attached hydrogen (secondary N) is 1. The number of Topliss-reactive ketones (excluding diaryl/α,β-unsaturated/α-hetero) is 1. The molecule has 0 atom stereocenters. The minimum Gasteiger partial charge on any atom is -0.345 e. The van der Waals surface area contributed by atoms with E-state index >= 15 is 0 Å². The molecule has 1 aliphatic carbocycles. The first kappa shape index (κ1) is 10.4. The maximum Gasteiger partial charge on any atom is 0.177 e. The summed E-state index contributed by atoms with van der Waals surface area (Å²) in [5.41, 5.74) is 0.174. The molecule has 0 aliphatic heterocycles. The number of allylic oxidation sites excluding steroid dienone is 1. The van der Waals surface area contributed by atoms with Crippen LogP contribution in [0, 0.1) is 17.2 Å². The first-order valence-electron chi connectivity index (χ1n) is 5.13. The number of nitrogens with zero attached hydrogens (tertiary/aromatic N) is 2. The Hall–Kier alpha value is -2.15. The Balaban J connectivity index is 2.05. The van der Waals surface area contributed by atoms with Crippen molar-refractivity contribution in [1.82, 2.24) is 4.98 Å². The highest BCUT2D eigenvalue weighted by Crippen LogP contribution is 2.32. The van der Waals surface area contributed by atoms with Crippen LogP contribution < -0.4 is 5.32 Å². The van der Waals surface area contributed by atoms with Crippen LogP contribution in [0.5, 0.6) is 0 Å². The predicted octanol–water partition coefficient (Wildman–Crippen LogP) is 1.88. The number of anilines is 1. The number of rotatable bonds is 4. The van der Waals surface area contributed by atoms with E-state index in [1.54, 1.807) is 18.3 Å². The van der Waals surface area contributed by atoms with Gasteiger partial charge in [-0.2, -0.15) is 5.26 Å². The van der Waals surface area contributed by atoms with Gasteiger partial charge in [0.1, 0.15) is 17.5 Å². The lowest BCUT2D eigenvalue weighted by molar-refractivity contribution is -0.116. The number of nitriles is 1. The van der Waals surface area contributed by atoms with Crippen molar-refractivity contribution in [3.05, 3.63) is 36.2 Å². The topological polar surface area (TPSA) is 65.8 Å². The molecule has 80 valence electrons. The van der Waals surface area contributed by atoms with Gasteiger partial charge in [-0.3, -0.25) is 4.79 Å². The fourth-order valence-corrected chi connectivity index (χ4v) is 1.32. The third-order valence-electron chi connectivity index (χ3n) is 2.36. The number of ketones is 1. The van der Waals surface area contributed by atoms with Gasteiger partial charge in [-0.15, -0.1) is 0 Å². The van der Waals surface area contributed by atoms with Gasteiger partial charge in [-0.25, -0.2) is 4.98 Å². The second-order valence-electron chi connectivity index (χ2n) is 3.67. The highest BCUT2D eigenvalue weighted by Gasteiger charge is 2.31. The van der Waals surface area contributed by atoms with Crippen LogP contribution in [0.1, 0.15) is 12.8 Å². The molecule has 4 nitrogen and oxygen atoms in total. The number of aromatic nitrogens is 1. The molecule has 2 rings (SSSR count). The molecule has 1 aromatic rings. The van der Waals surface area contributed by atoms with Gasteiger partial charge in [0.2, 0.25) is 0 Å². The Labute approximate surface area is 93.6 Å². The fourth-order valence-electron chi connectivity index (χ4n) is 1.32. The van der Waals surface area contributed by atoms with Crippen LogP contribution in [0.15, 0.2) is 36.2 Å². The molecule has 0 amide bonds. The molecular formula is C12H11N3O. The van der Waals surface area contributed by atoms with E-state index in [9.17, 15) is 4.79 Å². The normalized spacial score (nSPS) is 15.3. The monoisotopic (exact) mass is 213 g/mol. The van der Waals surface area contributed by atoms with Crippen molar-refractivity contribution in [3.8, 4) is 6.07 Å². The molecule has 4 heteroatoms. The van der Waals surface area contributed by atoms with Crippen molar-refractivity contribution < 1.29 is 4.79 Å². The molecule has 1 aliphatic rings. The molecule has 0 spiro atoms. The van der Waals surface area contributed by atoms with E-state index in [0.717, 1.165) is 12.8 Å². The summed E-state index contributed by atoms with van der Waals surface area (Å²) in [6, 6.07) is 7.32. The van der Waals surface area contributed by atoms with Crippen LogP contribution in [0.3, 0.4) is 0 Å². The van der Waals surface area contributed by atoms with Crippen LogP contribution in [-0.2, 0) is 4.79 Å². The Bertz CT molecular complexity index is 455. The number of hydrogen-bond acceptors (Lipinski definition) is 4. The Morgan fingerprint density at radius 3 is 2.94 bits per heavy atom. The molecule has 1 aromatic heterocycles. The number of hydrogen-bond donors (Lipinski definition) is 1. The number of pyridine rings is 1. The molecule has 0 unspecified atom stereocenters. The first-order chi connectivity index (χ1) is 7.81. The summed E-state index contributed by atoms with van der Waals surface area (Å²) in [4.78, 5) is 15.6. The molecule has 1 fully saturated rings. The Morgan fingerprint density at radius 2 is 2.38 bits per heavy atom. The van der Waals surface area contributed by atoms with Crippen LogP contribution >= 0.6 is 0 Å². The van der Waals surface area contributed by atoms with Crippen LogP contribution in [-0.4, -0.2) is 10.8 Å². The van der Waals surface area contributed by atoms with Crippen molar-refractivity contribution in [3.63, 3.8) is 0 Å². The van der Waals surface area contributed by atoms with Gasteiger partial charge in [0.25, 0.3) is 0 Å². The number of carbonyl (C=O) groups is 1. The van der Waals surface area contributed by atoms with E-state index in [1.807, 2.05) is 12.1 Å². The van der Waals surface area contributed by atoms with E-state index in [4.69, 9.17) is 5.26 Å². The average Bonchev–Trinajstić information content (AvgIpc) is 3.15. The minimum atomic E-state index is -0.0640. The van der Waals surface area contributed by atoms with Gasteiger partial charge in [-0.05, 0) is 25.0 Å². The van der Waals surface area contributed by atoms with Gasteiger partial charge < -0.3 is 5.32 Å². The van der Waals surface area contributed by atoms with Crippen molar-refractivity contribution in [1.29, 1.82) is 5.26 Å². The van der Waals surface area contributed by atoms with E-state index in [2.05, 4.69) is 10.3 Å². The molecule has 1 N–H and O–H groups in total. The quantitative estimate of drug-likeness (QED) is 0.612. The van der Waals surface area contributed by atoms with Crippen molar-refractivity contribution >= 4 is 11.6 Å². The highest BCUT2D eigenvalue weighted by atomic mass is 16.1. The van der Waals surface area contributed by atoms with Crippen LogP contribution in [0.4, 0.5) is 5.82 Å². The van der Waals surface area contributed by atoms with E-state index in [1.165, 1.54) is 6.20 Å². The van der Waals surface area contributed by atoms with Gasteiger partial charge >= 0.3 is 0 Å². The lowest BCUT2D eigenvalue weighted by Gasteiger charge is -1.99. The molecule has 0 bridgehead atoms. The molecule has 1 heterocycles. The molecule has 1 saturated carbocycles. The molecule has 0 aromatic carbocycles. The summed E-state index contributed by atoms with van der Waals surface area (Å²) >= 11 is 0. The summed E-state index contributed by atoms with van der Waals surface area (Å²) in [7, 11) is 0. The molecule has 0 radical (unpaired) electrons. The zero-order valence-electron chi connectivity index (χ0n) is 8.68. The molecular weight excluding hydrogens is 202 g/mol. The standard InChI is InChI=1S/C12H11N3O/c13-7-10(12(16)9-4-5-9)8-15-11-3-1-2-6-14-11/h1-3,6,8-9H,4-5H2,(H,14,15)/b10-8-. The molecule has 16 heavy (non-hydrogen) atoms. The van der Waals surface area contributed by atoms with Crippen molar-refractivity contribution in [2.24, 2.45) is 5.92 Å². The van der Waals surface area contributed by atoms with Crippen molar-refractivity contribution in [2.75, 3.05) is 5.32 Å². The van der Waals surface area contributed by atoms with Crippen molar-refractivity contribution in [2.45, 2.75) is 12.8 Å². The van der Waals surface area contributed by atoms with E-state index < -0.39 is 0 Å². The van der Waals surface area contributed by atoms with Gasteiger partial charge in [0.05, 0.1) is 0 Å². The lowest BCUT2D eigenvalue weighted by Crippen LogP contribution is -2.05. The second kappa shape index (κ2) is 4.58. The average molecular weight is 213 g/mol. The Kier molecular flexibility index (Phi) is 2.97. The van der Waals surface area contributed by atoms with Gasteiger partial charge in [0, 0.05) is 18.3 Å². The smallest absolute Gasteiger partial charge is 0.177 e. The summed E-state index contributed by atoms with van der Waals surface area (Å²) in [5, 5.41) is 11.7. The lowest BCUT2D eigenvalue weighted by atomic mass is 10.1. The third-order valence-corrected chi connectivity index (χ3v) is 2.36. The summed E-state index contributed by atoms with van der Waals surface area (Å²) in [5.74, 6) is 0.626. The molecule has 0 saturated heterocycles. The third kappa shape index (κ3) is 2.45. The van der Waals surface area contributed by atoms with Gasteiger partial charge in [-0.1, -0.05) is 6.07 Å². The minimum absolute atomic E-state index is 0.0640. The van der Waals surface area contributed by atoms with Crippen LogP contribution in [0.2, 0.25) is 0 Å². The predicted molar refractivity (Wildman–Crippen MR) is 59.3 cm³/mol. The van der Waals surface area contributed by atoms with E-state index in [0.29, 0.717) is 5.82 Å². The maximum absolute atomic E-state index is 11.6. The van der Waals surface area contributed by atoms with E-state index in [-0.39, 0.29) is 17.3 Å². The largest absolute Gasteiger partial charge is 0.345 e. The second-order valence-corrected chi connectivity index (χ2v) is 3.67. The summed E-state index contributed by atoms with van der Waals surface area (Å²) in [6.07, 6.45) is 4.89. The van der Waals surface area contributed by atoms with Crippen LogP contribution in [0.25, 0.3) is 0 Å². The SMILES string of the molecule is N#C/C(=C/Nc1ccccn1)C(=O)C1CC1. The summed E-state index contributed by atoms with van der Waals surface area (Å²) in [6.45, 7) is 0. The Morgan fingerprint density at radius 1 is 1.56 bits per heavy atom. The summed E-state index contributed by atoms with van der Waals surface area (Å²) < 4.78 is 0. The number of carbonyl (C=O) groups excluding carboxylic acids is 1. The zero-order chi connectivity index (χ0) is 11.4. The maximum atomic E-state index is 11.6. The van der Waals surface area contributed by atoms with Gasteiger partial charge in [0.15, 0.2) is 5.78 Å². The first-order valence-corrected chi connectivity index (χ1v) is 5.13.